The van der Waals surface area contributed by atoms with Gasteiger partial charge in [-0.05, 0) is 35.2 Å². The van der Waals surface area contributed by atoms with Gasteiger partial charge in [-0.2, -0.15) is 0 Å². The highest BCUT2D eigenvalue weighted by Gasteiger charge is 2.15. The van der Waals surface area contributed by atoms with E-state index in [-0.39, 0.29) is 10.3 Å². The molecule has 0 aliphatic heterocycles. The van der Waals surface area contributed by atoms with Crippen molar-refractivity contribution in [3.05, 3.63) is 60.2 Å². The lowest BCUT2D eigenvalue weighted by molar-refractivity contribution is 0.590. The summed E-state index contributed by atoms with van der Waals surface area (Å²) in [5.74, 6) is 0. The van der Waals surface area contributed by atoms with E-state index in [1.165, 1.54) is 5.56 Å². The summed E-state index contributed by atoms with van der Waals surface area (Å²) in [6.07, 6.45) is 0. The first-order chi connectivity index (χ1) is 9.29. The molecule has 3 nitrogen and oxygen atoms in total. The molecule has 0 aromatic heterocycles. The van der Waals surface area contributed by atoms with Crippen molar-refractivity contribution < 1.29 is 8.42 Å². The molecule has 1 N–H and O–H groups in total. The SMILES string of the molecule is CC(C)(C)c1ccc(NS(=O)(=O)c2ccccc2)cc1. The zero-order valence-corrected chi connectivity index (χ0v) is 12.7. The molecule has 4 heteroatoms. The van der Waals surface area contributed by atoms with Crippen molar-refractivity contribution in [2.75, 3.05) is 4.72 Å². The number of anilines is 1. The molecule has 0 saturated heterocycles. The topological polar surface area (TPSA) is 46.2 Å². The van der Waals surface area contributed by atoms with Gasteiger partial charge in [-0.15, -0.1) is 0 Å². The minimum absolute atomic E-state index is 0.0524. The van der Waals surface area contributed by atoms with Gasteiger partial charge < -0.3 is 0 Å². The molecule has 0 unspecified atom stereocenters. The van der Waals surface area contributed by atoms with Crippen LogP contribution in [-0.4, -0.2) is 8.42 Å². The van der Waals surface area contributed by atoms with E-state index >= 15 is 0 Å². The van der Waals surface area contributed by atoms with E-state index in [1.807, 2.05) is 12.1 Å². The van der Waals surface area contributed by atoms with Crippen LogP contribution in [0, 0.1) is 0 Å². The number of hydrogen-bond acceptors (Lipinski definition) is 2. The van der Waals surface area contributed by atoms with Gasteiger partial charge in [0.25, 0.3) is 10.0 Å². The quantitative estimate of drug-likeness (QED) is 0.934. The Morgan fingerprint density at radius 3 is 1.90 bits per heavy atom. The minimum atomic E-state index is -3.51. The van der Waals surface area contributed by atoms with Gasteiger partial charge in [0.15, 0.2) is 0 Å². The van der Waals surface area contributed by atoms with Crippen LogP contribution in [0.2, 0.25) is 0 Å². The number of sulfonamides is 1. The molecule has 106 valence electrons. The van der Waals surface area contributed by atoms with Gasteiger partial charge >= 0.3 is 0 Å². The molecule has 0 atom stereocenters. The predicted molar refractivity (Wildman–Crippen MR) is 82.4 cm³/mol. The van der Waals surface area contributed by atoms with Crippen LogP contribution in [0.1, 0.15) is 26.3 Å². The lowest BCUT2D eigenvalue weighted by Crippen LogP contribution is -2.14. The molecule has 0 spiro atoms. The van der Waals surface area contributed by atoms with E-state index in [4.69, 9.17) is 0 Å². The van der Waals surface area contributed by atoms with E-state index in [1.54, 1.807) is 42.5 Å². The summed E-state index contributed by atoms with van der Waals surface area (Å²) < 4.78 is 26.9. The zero-order valence-electron chi connectivity index (χ0n) is 11.9. The fraction of sp³-hybridized carbons (Fsp3) is 0.250. The Kier molecular flexibility index (Phi) is 3.86. The van der Waals surface area contributed by atoms with Gasteiger partial charge in [-0.1, -0.05) is 51.1 Å². The number of rotatable bonds is 3. The summed E-state index contributed by atoms with van der Waals surface area (Å²) in [4.78, 5) is 0.264. The van der Waals surface area contributed by atoms with Crippen molar-refractivity contribution in [2.45, 2.75) is 31.1 Å². The lowest BCUT2D eigenvalue weighted by atomic mass is 9.87. The van der Waals surface area contributed by atoms with Crippen LogP contribution >= 0.6 is 0 Å². The normalized spacial score (nSPS) is 12.2. The molecular weight excluding hydrogens is 270 g/mol. The van der Waals surface area contributed by atoms with Crippen molar-refractivity contribution in [1.29, 1.82) is 0 Å². The Labute approximate surface area is 120 Å². The molecule has 0 amide bonds. The van der Waals surface area contributed by atoms with Crippen molar-refractivity contribution in [3.63, 3.8) is 0 Å². The smallest absolute Gasteiger partial charge is 0.261 e. The number of benzene rings is 2. The molecule has 20 heavy (non-hydrogen) atoms. The maximum atomic E-state index is 12.2. The second-order valence-electron chi connectivity index (χ2n) is 5.75. The van der Waals surface area contributed by atoms with E-state index < -0.39 is 10.0 Å². The Morgan fingerprint density at radius 2 is 1.40 bits per heavy atom. The third kappa shape index (κ3) is 3.39. The highest BCUT2D eigenvalue weighted by atomic mass is 32.2. The van der Waals surface area contributed by atoms with E-state index in [0.29, 0.717) is 5.69 Å². The minimum Gasteiger partial charge on any atom is -0.280 e. The van der Waals surface area contributed by atoms with E-state index in [2.05, 4.69) is 25.5 Å². The second kappa shape index (κ2) is 5.29. The summed E-state index contributed by atoms with van der Waals surface area (Å²) in [5, 5.41) is 0. The average molecular weight is 289 g/mol. The monoisotopic (exact) mass is 289 g/mol. The highest BCUT2D eigenvalue weighted by Crippen LogP contribution is 2.24. The van der Waals surface area contributed by atoms with Crippen molar-refractivity contribution >= 4 is 15.7 Å². The maximum Gasteiger partial charge on any atom is 0.261 e. The van der Waals surface area contributed by atoms with Crippen LogP contribution in [-0.2, 0) is 15.4 Å². The van der Waals surface area contributed by atoms with Gasteiger partial charge in [-0.25, -0.2) is 8.42 Å². The van der Waals surface area contributed by atoms with Crippen LogP contribution in [0.15, 0.2) is 59.5 Å². The largest absolute Gasteiger partial charge is 0.280 e. The summed E-state index contributed by atoms with van der Waals surface area (Å²) >= 11 is 0. The van der Waals surface area contributed by atoms with Gasteiger partial charge in [0, 0.05) is 5.69 Å². The van der Waals surface area contributed by atoms with Crippen LogP contribution < -0.4 is 4.72 Å². The number of hydrogen-bond donors (Lipinski definition) is 1. The van der Waals surface area contributed by atoms with Crippen LogP contribution in [0.25, 0.3) is 0 Å². The molecule has 0 bridgehead atoms. The van der Waals surface area contributed by atoms with Gasteiger partial charge in [0.1, 0.15) is 0 Å². The van der Waals surface area contributed by atoms with Gasteiger partial charge in [-0.3, -0.25) is 4.72 Å². The summed E-state index contributed by atoms with van der Waals surface area (Å²) in [6, 6.07) is 15.8. The molecular formula is C16H19NO2S. The third-order valence-electron chi connectivity index (χ3n) is 3.06. The summed E-state index contributed by atoms with van der Waals surface area (Å²) in [5.41, 5.74) is 1.79. The first-order valence-corrected chi connectivity index (χ1v) is 7.96. The van der Waals surface area contributed by atoms with Crippen molar-refractivity contribution in [2.24, 2.45) is 0 Å². The Morgan fingerprint density at radius 1 is 0.850 bits per heavy atom. The molecule has 0 heterocycles. The molecule has 0 radical (unpaired) electrons. The standard InChI is InChI=1S/C16H19NO2S/c1-16(2,3)13-9-11-14(12-10-13)17-20(18,19)15-7-5-4-6-8-15/h4-12,17H,1-3H3. The van der Waals surface area contributed by atoms with Crippen LogP contribution in [0.5, 0.6) is 0 Å². The van der Waals surface area contributed by atoms with Crippen LogP contribution in [0.4, 0.5) is 5.69 Å². The molecule has 2 aromatic rings. The molecule has 0 fully saturated rings. The first kappa shape index (κ1) is 14.6. The predicted octanol–water partition coefficient (Wildman–Crippen LogP) is 3.78. The van der Waals surface area contributed by atoms with Crippen LogP contribution in [0.3, 0.4) is 0 Å². The maximum absolute atomic E-state index is 12.2. The molecule has 0 saturated carbocycles. The van der Waals surface area contributed by atoms with Gasteiger partial charge in [0.2, 0.25) is 0 Å². The average Bonchev–Trinajstić information content (AvgIpc) is 2.39. The lowest BCUT2D eigenvalue weighted by Gasteiger charge is -2.19. The van der Waals surface area contributed by atoms with E-state index in [0.717, 1.165) is 0 Å². The van der Waals surface area contributed by atoms with Crippen molar-refractivity contribution in [3.8, 4) is 0 Å². The molecule has 0 aliphatic carbocycles. The Hall–Kier alpha value is -1.81. The Balaban J connectivity index is 2.23. The molecule has 2 aromatic carbocycles. The molecule has 0 aliphatic rings. The fourth-order valence-corrected chi connectivity index (χ4v) is 2.93. The van der Waals surface area contributed by atoms with E-state index in [9.17, 15) is 8.42 Å². The molecule has 2 rings (SSSR count). The van der Waals surface area contributed by atoms with Crippen molar-refractivity contribution in [1.82, 2.24) is 0 Å². The second-order valence-corrected chi connectivity index (χ2v) is 7.43. The first-order valence-electron chi connectivity index (χ1n) is 6.47. The Bertz CT molecular complexity index is 669. The highest BCUT2D eigenvalue weighted by molar-refractivity contribution is 7.92. The number of nitrogens with one attached hydrogen (secondary N) is 1. The third-order valence-corrected chi connectivity index (χ3v) is 4.45. The summed E-state index contributed by atoms with van der Waals surface area (Å²) in [6.45, 7) is 6.36. The fourth-order valence-electron chi connectivity index (χ4n) is 1.85. The summed E-state index contributed by atoms with van der Waals surface area (Å²) in [7, 11) is -3.51. The van der Waals surface area contributed by atoms with Gasteiger partial charge in [0.05, 0.1) is 4.90 Å². The zero-order chi connectivity index (χ0) is 14.8.